The number of allylic oxidation sites excluding steroid dienone is 1. The Kier molecular flexibility index (Phi) is 8.21. The Bertz CT molecular complexity index is 777. The van der Waals surface area contributed by atoms with Gasteiger partial charge >= 0.3 is 0 Å². The van der Waals surface area contributed by atoms with Crippen LogP contribution in [0.25, 0.3) is 23.8 Å². The molecule has 0 amide bonds. The fraction of sp³-hybridized carbons (Fsp3) is 0.333. The molecular formula is C24H32O. The van der Waals surface area contributed by atoms with E-state index in [1.54, 1.807) is 6.08 Å². The summed E-state index contributed by atoms with van der Waals surface area (Å²) in [6.45, 7) is 18.5. The van der Waals surface area contributed by atoms with Gasteiger partial charge in [-0.15, -0.1) is 0 Å². The van der Waals surface area contributed by atoms with Crippen LogP contribution in [0.1, 0.15) is 40.2 Å². The second-order valence-corrected chi connectivity index (χ2v) is 7.58. The summed E-state index contributed by atoms with van der Waals surface area (Å²) in [6.07, 6.45) is 2.73. The zero-order valence-corrected chi connectivity index (χ0v) is 16.3. The minimum absolute atomic E-state index is 0.0469. The predicted octanol–water partition coefficient (Wildman–Crippen LogP) is 5.48. The lowest BCUT2D eigenvalue weighted by atomic mass is 9.98. The molecule has 1 N–H and O–H groups in total. The van der Waals surface area contributed by atoms with Crippen LogP contribution in [0.4, 0.5) is 0 Å². The van der Waals surface area contributed by atoms with E-state index in [2.05, 4.69) is 72.0 Å². The molecule has 25 heavy (non-hydrogen) atoms. The van der Waals surface area contributed by atoms with Gasteiger partial charge in [0.05, 0.1) is 0 Å². The van der Waals surface area contributed by atoms with Crippen LogP contribution >= 0.6 is 0 Å². The van der Waals surface area contributed by atoms with Gasteiger partial charge in [0.15, 0.2) is 0 Å². The van der Waals surface area contributed by atoms with Crippen LogP contribution in [0.5, 0.6) is 0 Å². The molecule has 134 valence electrons. The lowest BCUT2D eigenvalue weighted by Gasteiger charge is -2.07. The zero-order valence-electron chi connectivity index (χ0n) is 16.3. The molecule has 2 rings (SSSR count). The molecule has 0 fully saturated rings. The molecule has 0 radical (unpaired) electrons. The van der Waals surface area contributed by atoms with Gasteiger partial charge in [0.2, 0.25) is 0 Å². The van der Waals surface area contributed by atoms with E-state index < -0.39 is 0 Å². The summed E-state index contributed by atoms with van der Waals surface area (Å²) < 4.78 is 0. The molecule has 2 aromatic rings. The number of hydrogen-bond acceptors (Lipinski definition) is 1. The summed E-state index contributed by atoms with van der Waals surface area (Å²) in [5.74, 6) is 1.55. The van der Waals surface area contributed by atoms with Crippen molar-refractivity contribution >= 4 is 12.7 Å². The number of hydrogen-bond donors (Lipinski definition) is 1. The normalized spacial score (nSPS) is 11.4. The fourth-order valence-corrected chi connectivity index (χ4v) is 2.41. The lowest BCUT2D eigenvalue weighted by molar-refractivity contribution is 0.444. The summed E-state index contributed by atoms with van der Waals surface area (Å²) in [7, 11) is 0. The molecule has 0 saturated heterocycles. The van der Waals surface area contributed by atoms with Gasteiger partial charge in [-0.3, -0.25) is 0 Å². The van der Waals surface area contributed by atoms with Crippen molar-refractivity contribution in [2.45, 2.75) is 41.0 Å². The quantitative estimate of drug-likeness (QED) is 0.733. The molecule has 0 bridgehead atoms. The molecule has 0 atom stereocenters. The molecule has 1 nitrogen and oxygen atoms in total. The van der Waals surface area contributed by atoms with Crippen LogP contribution in [0.15, 0.2) is 54.8 Å². The smallest absolute Gasteiger partial charge is 0.109 e. The Morgan fingerprint density at radius 1 is 0.960 bits per heavy atom. The molecule has 0 saturated carbocycles. The van der Waals surface area contributed by atoms with Crippen molar-refractivity contribution in [3.8, 4) is 11.1 Å². The van der Waals surface area contributed by atoms with E-state index in [0.717, 1.165) is 28.3 Å². The van der Waals surface area contributed by atoms with Crippen LogP contribution in [-0.4, -0.2) is 5.11 Å². The average molecular weight is 337 g/mol. The van der Waals surface area contributed by atoms with Crippen molar-refractivity contribution in [3.63, 3.8) is 0 Å². The highest BCUT2D eigenvalue weighted by Crippen LogP contribution is 2.18. The molecule has 0 aromatic heterocycles. The minimum Gasteiger partial charge on any atom is -0.509 e. The average Bonchev–Trinajstić information content (AvgIpc) is 2.48. The van der Waals surface area contributed by atoms with E-state index in [0.29, 0.717) is 5.92 Å². The molecule has 0 heterocycles. The van der Waals surface area contributed by atoms with Gasteiger partial charge in [0.1, 0.15) is 5.76 Å². The highest BCUT2D eigenvalue weighted by atomic mass is 16.3. The van der Waals surface area contributed by atoms with E-state index in [1.165, 1.54) is 11.1 Å². The molecule has 1 heteroatoms. The topological polar surface area (TPSA) is 20.2 Å². The molecular weight excluding hydrogens is 304 g/mol. The van der Waals surface area contributed by atoms with Gasteiger partial charge in [-0.05, 0) is 57.5 Å². The Morgan fingerprint density at radius 2 is 1.48 bits per heavy atom. The van der Waals surface area contributed by atoms with Crippen molar-refractivity contribution in [2.24, 2.45) is 11.8 Å². The van der Waals surface area contributed by atoms with Gasteiger partial charge in [-0.25, -0.2) is 0 Å². The Balaban J connectivity index is 0.000000705. The second-order valence-electron chi connectivity index (χ2n) is 7.58. The van der Waals surface area contributed by atoms with Crippen LogP contribution in [-0.2, 0) is 6.42 Å². The van der Waals surface area contributed by atoms with Gasteiger partial charge < -0.3 is 5.11 Å². The third kappa shape index (κ3) is 7.89. The molecule has 2 aromatic carbocycles. The summed E-state index contributed by atoms with van der Waals surface area (Å²) in [5.41, 5.74) is 3.68. The third-order valence-electron chi connectivity index (χ3n) is 3.40. The highest BCUT2D eigenvalue weighted by molar-refractivity contribution is 5.64. The van der Waals surface area contributed by atoms with Gasteiger partial charge in [-0.1, -0.05) is 84.2 Å². The van der Waals surface area contributed by atoms with Crippen molar-refractivity contribution in [1.82, 2.24) is 0 Å². The Hall–Kier alpha value is -2.28. The van der Waals surface area contributed by atoms with Crippen LogP contribution in [0, 0.1) is 11.8 Å². The lowest BCUT2D eigenvalue weighted by Crippen LogP contribution is -2.22. The number of aliphatic hydroxyl groups is 1. The molecule has 0 aliphatic carbocycles. The Morgan fingerprint density at radius 3 is 1.92 bits per heavy atom. The summed E-state index contributed by atoms with van der Waals surface area (Å²) in [5, 5.41) is 11.0. The molecule has 0 aliphatic heterocycles. The predicted molar refractivity (Wildman–Crippen MR) is 112 cm³/mol. The Labute approximate surface area is 153 Å². The molecule has 0 aliphatic rings. The standard InChI is InChI=1S/C20H22O.C4H10/c1-14(2)11-17-5-7-18(8-6-17)20-10-9-19(13-16(4)21)15(3)12-20;1-4(2)3/h5-10,12-14,21H,3-4,11H2,1-2H3;4H,1-3H3/b19-13-;. The van der Waals surface area contributed by atoms with Crippen LogP contribution < -0.4 is 10.4 Å². The van der Waals surface area contributed by atoms with Crippen LogP contribution in [0.2, 0.25) is 0 Å². The number of benzene rings is 2. The third-order valence-corrected chi connectivity index (χ3v) is 3.40. The number of rotatable bonds is 4. The zero-order chi connectivity index (χ0) is 19.0. The van der Waals surface area contributed by atoms with Crippen LogP contribution in [0.3, 0.4) is 0 Å². The number of aliphatic hydroxyl groups excluding tert-OH is 1. The van der Waals surface area contributed by atoms with E-state index in [1.807, 2.05) is 18.2 Å². The first kappa shape index (κ1) is 20.8. The van der Waals surface area contributed by atoms with Crippen molar-refractivity contribution < 1.29 is 5.11 Å². The maximum absolute atomic E-state index is 9.24. The van der Waals surface area contributed by atoms with E-state index >= 15 is 0 Å². The molecule has 0 unspecified atom stereocenters. The molecule has 0 spiro atoms. The second kappa shape index (κ2) is 9.88. The van der Waals surface area contributed by atoms with Crippen molar-refractivity contribution in [2.75, 3.05) is 0 Å². The summed E-state index contributed by atoms with van der Waals surface area (Å²) in [4.78, 5) is 0. The van der Waals surface area contributed by atoms with Gasteiger partial charge in [-0.2, -0.15) is 0 Å². The highest BCUT2D eigenvalue weighted by Gasteiger charge is 2.00. The van der Waals surface area contributed by atoms with Gasteiger partial charge in [0.25, 0.3) is 0 Å². The first-order chi connectivity index (χ1) is 11.7. The first-order valence-corrected chi connectivity index (χ1v) is 8.97. The maximum Gasteiger partial charge on any atom is 0.109 e. The summed E-state index contributed by atoms with van der Waals surface area (Å²) >= 11 is 0. The first-order valence-electron chi connectivity index (χ1n) is 8.97. The fourth-order valence-electron chi connectivity index (χ4n) is 2.41. The maximum atomic E-state index is 9.24. The monoisotopic (exact) mass is 336 g/mol. The van der Waals surface area contributed by atoms with E-state index in [-0.39, 0.29) is 5.76 Å². The van der Waals surface area contributed by atoms with E-state index in [4.69, 9.17) is 0 Å². The van der Waals surface area contributed by atoms with Gasteiger partial charge in [0, 0.05) is 0 Å². The van der Waals surface area contributed by atoms with E-state index in [9.17, 15) is 5.11 Å². The van der Waals surface area contributed by atoms with Crippen molar-refractivity contribution in [1.29, 1.82) is 0 Å². The SMILES string of the molecule is C=C(O)/C=c1/ccc(-c2ccc(CC(C)C)cc2)cc1=C.CC(C)C. The minimum atomic E-state index is 0.0469. The largest absolute Gasteiger partial charge is 0.509 e. The summed E-state index contributed by atoms with van der Waals surface area (Å²) in [6, 6.07) is 14.7. The van der Waals surface area contributed by atoms with Crippen molar-refractivity contribution in [3.05, 3.63) is 70.8 Å².